The van der Waals surface area contributed by atoms with Gasteiger partial charge < -0.3 is 55.9 Å². The maximum atomic E-state index is 12.7. The fourth-order valence-corrected chi connectivity index (χ4v) is 6.91. The molecular formula is C33H39N11O7. The molecular weight excluding hydrogens is 662 g/mol. The van der Waals surface area contributed by atoms with Crippen LogP contribution in [-0.2, 0) is 13.0 Å². The van der Waals surface area contributed by atoms with Gasteiger partial charge in [0.15, 0.2) is 17.0 Å². The van der Waals surface area contributed by atoms with E-state index < -0.39 is 48.5 Å². The minimum absolute atomic E-state index is 0.0150. The number of aliphatic hydroxyl groups excluding tert-OH is 4. The van der Waals surface area contributed by atoms with Gasteiger partial charge in [0.25, 0.3) is 0 Å². The molecule has 5 aromatic rings. The molecule has 1 aliphatic carbocycles. The Morgan fingerprint density at radius 1 is 1.06 bits per heavy atom. The normalized spacial score (nSPS) is 22.4. The van der Waals surface area contributed by atoms with Gasteiger partial charge in [0.1, 0.15) is 17.9 Å². The Kier molecular flexibility index (Phi) is 9.54. The number of aromatic amines is 1. The first-order chi connectivity index (χ1) is 24.7. The summed E-state index contributed by atoms with van der Waals surface area (Å²) in [5.41, 5.74) is 1.39. The van der Waals surface area contributed by atoms with E-state index in [0.717, 1.165) is 10.1 Å². The smallest absolute Gasteiger partial charge is 0.329 e. The number of hydrogen-bond acceptors (Lipinski definition) is 13. The molecule has 9 N–H and O–H groups in total. The summed E-state index contributed by atoms with van der Waals surface area (Å²) in [6.45, 7) is 0.0760. The number of aliphatic hydroxyl groups is 4. The molecule has 1 saturated carbocycles. The molecule has 1 saturated heterocycles. The van der Waals surface area contributed by atoms with E-state index in [1.165, 1.54) is 6.33 Å². The highest BCUT2D eigenvalue weighted by molar-refractivity contribution is 5.89. The Balaban J connectivity index is 1.19. The van der Waals surface area contributed by atoms with Crippen molar-refractivity contribution in [2.45, 2.75) is 62.2 Å². The lowest BCUT2D eigenvalue weighted by molar-refractivity contribution is 0.00758. The highest BCUT2D eigenvalue weighted by atomic mass is 16.3. The van der Waals surface area contributed by atoms with E-state index in [9.17, 15) is 35.1 Å². The van der Waals surface area contributed by atoms with Crippen molar-refractivity contribution in [3.8, 4) is 5.88 Å². The molecule has 2 fully saturated rings. The van der Waals surface area contributed by atoms with E-state index >= 15 is 0 Å². The molecule has 1 unspecified atom stereocenters. The number of aromatic nitrogens is 7. The maximum Gasteiger partial charge on any atom is 0.329 e. The molecule has 18 heteroatoms. The molecule has 18 nitrogen and oxygen atoms in total. The third-order valence-electron chi connectivity index (χ3n) is 9.46. The third-order valence-corrected chi connectivity index (χ3v) is 9.46. The summed E-state index contributed by atoms with van der Waals surface area (Å²) in [4.78, 5) is 48.0. The number of fused-ring (bicyclic) bond motifs is 1. The number of imidazole rings is 2. The van der Waals surface area contributed by atoms with Crippen LogP contribution < -0.4 is 26.5 Å². The monoisotopic (exact) mass is 701 g/mol. The Morgan fingerprint density at radius 2 is 1.86 bits per heavy atom. The number of amides is 2. The zero-order valence-corrected chi connectivity index (χ0v) is 27.4. The number of anilines is 3. The predicted octanol–water partition coefficient (Wildman–Crippen LogP) is 0.233. The number of aromatic hydroxyl groups is 1. The van der Waals surface area contributed by atoms with Crippen LogP contribution in [0, 0.1) is 0 Å². The van der Waals surface area contributed by atoms with E-state index in [1.54, 1.807) is 29.1 Å². The van der Waals surface area contributed by atoms with E-state index in [0.29, 0.717) is 54.5 Å². The van der Waals surface area contributed by atoms with Crippen molar-refractivity contribution < 1.29 is 30.3 Å². The van der Waals surface area contributed by atoms with Crippen LogP contribution in [0.1, 0.15) is 36.2 Å². The molecule has 7 rings (SSSR count). The third kappa shape index (κ3) is 6.81. The zero-order valence-electron chi connectivity index (χ0n) is 27.4. The number of carbonyl (C=O) groups is 1. The molecule has 2 aliphatic rings. The first kappa shape index (κ1) is 33.9. The van der Waals surface area contributed by atoms with Crippen LogP contribution in [-0.4, -0.2) is 110 Å². The van der Waals surface area contributed by atoms with E-state index in [4.69, 9.17) is 9.97 Å². The number of urea groups is 1. The van der Waals surface area contributed by atoms with E-state index in [1.807, 2.05) is 35.2 Å². The van der Waals surface area contributed by atoms with E-state index in [2.05, 4.69) is 30.9 Å². The fourth-order valence-electron chi connectivity index (χ4n) is 6.91. The SMILES string of the molecule is O=C(Nc1cccnc1)NC1CCN(c2nc(N[C@H](CO)Cc3ccccc3)c3ncn([C@@H]4C[C@H](n5c(O)c(CO)[nH]c5=O)[C@@H](O)[C@H]4O)c3n2)C1. The minimum Gasteiger partial charge on any atom is -0.493 e. The second kappa shape index (κ2) is 14.4. The van der Waals surface area contributed by atoms with Gasteiger partial charge in [-0.2, -0.15) is 9.97 Å². The summed E-state index contributed by atoms with van der Waals surface area (Å²) in [7, 11) is 0. The largest absolute Gasteiger partial charge is 0.493 e. The van der Waals surface area contributed by atoms with Crippen molar-refractivity contribution >= 4 is 34.6 Å². The highest BCUT2D eigenvalue weighted by Crippen LogP contribution is 2.41. The van der Waals surface area contributed by atoms with Crippen LogP contribution in [0.2, 0.25) is 0 Å². The highest BCUT2D eigenvalue weighted by Gasteiger charge is 2.46. The predicted molar refractivity (Wildman–Crippen MR) is 184 cm³/mol. The summed E-state index contributed by atoms with van der Waals surface area (Å²) in [6, 6.07) is 10.2. The first-order valence-corrected chi connectivity index (χ1v) is 16.6. The standard InChI is InChI=1S/C33H39N11O7/c45-15-21(11-18-5-2-1-3-6-18)36-28-25-29(41-31(40-28)42-10-8-20(14-42)38-32(50)37-19-7-4-9-34-13-19)43(17-35-25)23-12-24(27(48)26(23)47)44-30(49)22(16-46)39-33(44)51/h1-7,9,13,17,20-21,23-24,26-27,45-49H,8,10-12,14-16H2,(H,39,51)(H,36,40,41)(H2,37,38,50)/t20?,21-,23+,24-,26-,27+/m0/s1. The number of hydrogen-bond donors (Lipinski definition) is 9. The minimum atomic E-state index is -1.45. The van der Waals surface area contributed by atoms with Crippen LogP contribution in [0.25, 0.3) is 11.2 Å². The van der Waals surface area contributed by atoms with Gasteiger partial charge in [-0.3, -0.25) is 9.55 Å². The number of H-pyrrole nitrogens is 1. The maximum absolute atomic E-state index is 12.7. The summed E-state index contributed by atoms with van der Waals surface area (Å²) in [6.07, 6.45) is 2.90. The first-order valence-electron chi connectivity index (χ1n) is 16.6. The Morgan fingerprint density at radius 3 is 2.59 bits per heavy atom. The molecule has 4 aromatic heterocycles. The topological polar surface area (TPSA) is 252 Å². The lowest BCUT2D eigenvalue weighted by Gasteiger charge is -2.22. The van der Waals surface area contributed by atoms with Gasteiger partial charge in [-0.1, -0.05) is 30.3 Å². The summed E-state index contributed by atoms with van der Waals surface area (Å²) in [5.74, 6) is 0.133. The summed E-state index contributed by atoms with van der Waals surface area (Å²) in [5, 5.41) is 61.9. The number of carbonyl (C=O) groups excluding carboxylic acids is 1. The van der Waals surface area contributed by atoms with Gasteiger partial charge in [-0.05, 0) is 37.0 Å². The Labute approximate surface area is 290 Å². The molecule has 5 heterocycles. The van der Waals surface area contributed by atoms with Gasteiger partial charge in [0.2, 0.25) is 11.8 Å². The Hall–Kier alpha value is -5.56. The molecule has 0 bridgehead atoms. The molecule has 268 valence electrons. The number of nitrogens with zero attached hydrogens (tertiary/aromatic N) is 7. The molecule has 0 spiro atoms. The summed E-state index contributed by atoms with van der Waals surface area (Å²) < 4.78 is 2.54. The molecule has 2 amide bonds. The lowest BCUT2D eigenvalue weighted by atomic mass is 10.1. The average molecular weight is 702 g/mol. The van der Waals surface area contributed by atoms with Gasteiger partial charge >= 0.3 is 11.7 Å². The number of nitrogens with one attached hydrogen (secondary N) is 4. The summed E-state index contributed by atoms with van der Waals surface area (Å²) >= 11 is 0. The van der Waals surface area contributed by atoms with Crippen molar-refractivity contribution in [1.82, 2.24) is 39.4 Å². The van der Waals surface area contributed by atoms with Gasteiger partial charge in [0.05, 0.1) is 49.6 Å². The van der Waals surface area contributed by atoms with E-state index in [-0.39, 0.29) is 30.8 Å². The molecule has 1 aromatic carbocycles. The van der Waals surface area contributed by atoms with Gasteiger partial charge in [-0.25, -0.2) is 14.6 Å². The second-order valence-electron chi connectivity index (χ2n) is 12.8. The average Bonchev–Trinajstić information content (AvgIpc) is 3.91. The van der Waals surface area contributed by atoms with Crippen molar-refractivity contribution in [2.24, 2.45) is 0 Å². The molecule has 51 heavy (non-hydrogen) atoms. The fraction of sp³-hybridized carbons (Fsp3) is 0.394. The number of benzene rings is 1. The Bertz CT molecular complexity index is 2040. The van der Waals surface area contributed by atoms with Gasteiger partial charge in [-0.15, -0.1) is 0 Å². The molecule has 6 atom stereocenters. The van der Waals surface area contributed by atoms with Crippen molar-refractivity contribution in [1.29, 1.82) is 0 Å². The van der Waals surface area contributed by atoms with Crippen LogP contribution in [0.3, 0.4) is 0 Å². The van der Waals surface area contributed by atoms with Crippen LogP contribution in [0.15, 0.2) is 66.0 Å². The van der Waals surface area contributed by atoms with Crippen LogP contribution in [0.4, 0.5) is 22.2 Å². The quantitative estimate of drug-likeness (QED) is 0.0896. The van der Waals surface area contributed by atoms with Crippen molar-refractivity contribution in [3.05, 3.63) is 82.9 Å². The second-order valence-corrected chi connectivity index (χ2v) is 12.8. The van der Waals surface area contributed by atoms with Crippen molar-refractivity contribution in [3.63, 3.8) is 0 Å². The number of pyridine rings is 1. The lowest BCUT2D eigenvalue weighted by Crippen LogP contribution is -2.40. The van der Waals surface area contributed by atoms with Crippen molar-refractivity contribution in [2.75, 3.05) is 35.2 Å². The van der Waals surface area contributed by atoms with Crippen LogP contribution >= 0.6 is 0 Å². The number of rotatable bonds is 11. The van der Waals surface area contributed by atoms with Crippen LogP contribution in [0.5, 0.6) is 5.88 Å². The molecule has 1 aliphatic heterocycles. The van der Waals surface area contributed by atoms with Gasteiger partial charge in [0, 0.05) is 25.3 Å². The zero-order chi connectivity index (χ0) is 35.6. The molecule has 0 radical (unpaired) electrons.